The third-order valence-electron chi connectivity index (χ3n) is 1.50. The highest BCUT2D eigenvalue weighted by atomic mass is 19.1. The zero-order valence-corrected chi connectivity index (χ0v) is 7.29. The summed E-state index contributed by atoms with van der Waals surface area (Å²) in [6, 6.07) is 3.09. The van der Waals surface area contributed by atoms with Crippen molar-refractivity contribution >= 4 is 5.97 Å². The molecule has 70 valence electrons. The highest BCUT2D eigenvalue weighted by Gasteiger charge is 2.12. The van der Waals surface area contributed by atoms with Gasteiger partial charge in [0.2, 0.25) is 0 Å². The Bertz CT molecular complexity index is 301. The Morgan fingerprint density at radius 1 is 1.69 bits per heavy atom. The summed E-state index contributed by atoms with van der Waals surface area (Å²) < 4.78 is 17.0. The van der Waals surface area contributed by atoms with E-state index in [4.69, 9.17) is 4.74 Å². The number of esters is 1. The van der Waals surface area contributed by atoms with Gasteiger partial charge >= 0.3 is 5.97 Å². The van der Waals surface area contributed by atoms with E-state index in [-0.39, 0.29) is 17.9 Å². The van der Waals surface area contributed by atoms with E-state index < -0.39 is 12.6 Å². The van der Waals surface area contributed by atoms with Crippen molar-refractivity contribution in [1.82, 2.24) is 4.98 Å². The Morgan fingerprint density at radius 3 is 3.08 bits per heavy atom. The van der Waals surface area contributed by atoms with Gasteiger partial charge in [-0.3, -0.25) is 0 Å². The van der Waals surface area contributed by atoms with Gasteiger partial charge in [0.1, 0.15) is 6.67 Å². The number of aromatic nitrogens is 1. The molecule has 0 N–H and O–H groups in total. The van der Waals surface area contributed by atoms with Crippen molar-refractivity contribution in [2.75, 3.05) is 6.61 Å². The van der Waals surface area contributed by atoms with Crippen LogP contribution in [0.4, 0.5) is 4.39 Å². The van der Waals surface area contributed by atoms with Crippen LogP contribution in [0.2, 0.25) is 0 Å². The van der Waals surface area contributed by atoms with Gasteiger partial charge in [-0.1, -0.05) is 6.07 Å². The standard InChI is InChI=1S/C9H10FNO2/c1-2-13-9(12)8-7(6-10)4-3-5-11-8/h3-5H,2,6H2,1H3. The van der Waals surface area contributed by atoms with Gasteiger partial charge in [-0.2, -0.15) is 0 Å². The monoisotopic (exact) mass is 183 g/mol. The van der Waals surface area contributed by atoms with Crippen LogP contribution in [0.15, 0.2) is 18.3 Å². The van der Waals surface area contributed by atoms with Crippen LogP contribution in [0.25, 0.3) is 0 Å². The van der Waals surface area contributed by atoms with Crippen LogP contribution in [0.5, 0.6) is 0 Å². The predicted molar refractivity (Wildman–Crippen MR) is 45.0 cm³/mol. The molecule has 1 heterocycles. The molecule has 1 rings (SSSR count). The number of ether oxygens (including phenoxy) is 1. The van der Waals surface area contributed by atoms with Crippen LogP contribution in [0.1, 0.15) is 23.0 Å². The molecule has 0 spiro atoms. The molecular weight excluding hydrogens is 173 g/mol. The summed E-state index contributed by atoms with van der Waals surface area (Å²) in [5.41, 5.74) is 0.327. The molecule has 13 heavy (non-hydrogen) atoms. The quantitative estimate of drug-likeness (QED) is 0.670. The minimum atomic E-state index is -0.706. The van der Waals surface area contributed by atoms with E-state index >= 15 is 0 Å². The van der Waals surface area contributed by atoms with Gasteiger partial charge in [0, 0.05) is 11.8 Å². The van der Waals surface area contributed by atoms with Gasteiger partial charge in [-0.15, -0.1) is 0 Å². The molecule has 0 amide bonds. The van der Waals surface area contributed by atoms with Crippen molar-refractivity contribution in [3.05, 3.63) is 29.6 Å². The number of carbonyl (C=O) groups excluding carboxylic acids is 1. The molecule has 3 nitrogen and oxygen atoms in total. The maximum Gasteiger partial charge on any atom is 0.357 e. The van der Waals surface area contributed by atoms with Crippen molar-refractivity contribution in [3.63, 3.8) is 0 Å². The van der Waals surface area contributed by atoms with Crippen LogP contribution in [0.3, 0.4) is 0 Å². The van der Waals surface area contributed by atoms with Crippen LogP contribution in [-0.2, 0) is 11.4 Å². The first-order valence-electron chi connectivity index (χ1n) is 3.96. The van der Waals surface area contributed by atoms with Crippen LogP contribution < -0.4 is 0 Å². The van der Waals surface area contributed by atoms with Crippen molar-refractivity contribution in [1.29, 1.82) is 0 Å². The lowest BCUT2D eigenvalue weighted by Gasteiger charge is -2.03. The number of rotatable bonds is 3. The molecule has 0 saturated heterocycles. The summed E-state index contributed by atoms with van der Waals surface area (Å²) >= 11 is 0. The number of hydrogen-bond acceptors (Lipinski definition) is 3. The van der Waals surface area contributed by atoms with Gasteiger partial charge < -0.3 is 4.74 Å². The molecule has 4 heteroatoms. The Hall–Kier alpha value is -1.45. The topological polar surface area (TPSA) is 39.2 Å². The summed E-state index contributed by atoms with van der Waals surface area (Å²) in [6.07, 6.45) is 1.44. The van der Waals surface area contributed by atoms with Crippen LogP contribution in [0, 0.1) is 0 Å². The molecule has 0 bridgehead atoms. The fraction of sp³-hybridized carbons (Fsp3) is 0.333. The van der Waals surface area contributed by atoms with E-state index in [1.807, 2.05) is 0 Å². The van der Waals surface area contributed by atoms with E-state index in [0.717, 1.165) is 0 Å². The number of halogens is 1. The second kappa shape index (κ2) is 4.54. The lowest BCUT2D eigenvalue weighted by Crippen LogP contribution is -2.09. The first-order chi connectivity index (χ1) is 6.29. The molecule has 0 radical (unpaired) electrons. The fourth-order valence-corrected chi connectivity index (χ4v) is 0.930. The molecule has 0 aliphatic carbocycles. The Balaban J connectivity index is 2.92. The summed E-state index contributed by atoms with van der Waals surface area (Å²) in [5.74, 6) is -0.573. The molecule has 0 saturated carbocycles. The summed E-state index contributed by atoms with van der Waals surface area (Å²) in [7, 11) is 0. The van der Waals surface area contributed by atoms with Crippen molar-refractivity contribution in [3.8, 4) is 0 Å². The van der Waals surface area contributed by atoms with Gasteiger partial charge in [0.05, 0.1) is 6.61 Å². The van der Waals surface area contributed by atoms with E-state index in [9.17, 15) is 9.18 Å². The van der Waals surface area contributed by atoms with E-state index in [1.165, 1.54) is 12.3 Å². The number of alkyl halides is 1. The zero-order chi connectivity index (χ0) is 9.68. The maximum atomic E-state index is 12.3. The summed E-state index contributed by atoms with van der Waals surface area (Å²) in [6.45, 7) is 1.25. The number of nitrogens with zero attached hydrogens (tertiary/aromatic N) is 1. The van der Waals surface area contributed by atoms with Gasteiger partial charge in [0.25, 0.3) is 0 Å². The minimum Gasteiger partial charge on any atom is -0.461 e. The highest BCUT2D eigenvalue weighted by Crippen LogP contribution is 2.08. The first kappa shape index (κ1) is 9.64. The molecule has 0 fully saturated rings. The lowest BCUT2D eigenvalue weighted by molar-refractivity contribution is 0.0517. The summed E-state index contributed by atoms with van der Waals surface area (Å²) in [4.78, 5) is 14.9. The van der Waals surface area contributed by atoms with Crippen molar-refractivity contribution in [2.45, 2.75) is 13.6 Å². The molecule has 0 aliphatic heterocycles. The Kier molecular flexibility index (Phi) is 3.37. The average Bonchev–Trinajstić information content (AvgIpc) is 2.18. The lowest BCUT2D eigenvalue weighted by atomic mass is 10.2. The molecule has 0 atom stereocenters. The average molecular weight is 183 g/mol. The molecule has 1 aromatic rings. The smallest absolute Gasteiger partial charge is 0.357 e. The number of pyridine rings is 1. The molecule has 0 aliphatic rings. The van der Waals surface area contributed by atoms with Gasteiger partial charge in [0.15, 0.2) is 5.69 Å². The molecule has 0 unspecified atom stereocenters. The number of carbonyl (C=O) groups is 1. The molecular formula is C9H10FNO2. The second-order valence-electron chi connectivity index (χ2n) is 2.37. The van der Waals surface area contributed by atoms with Gasteiger partial charge in [-0.25, -0.2) is 14.2 Å². The first-order valence-corrected chi connectivity index (χ1v) is 3.96. The molecule has 1 aromatic heterocycles. The van der Waals surface area contributed by atoms with Crippen molar-refractivity contribution in [2.24, 2.45) is 0 Å². The van der Waals surface area contributed by atoms with E-state index in [2.05, 4.69) is 4.98 Å². The zero-order valence-electron chi connectivity index (χ0n) is 7.29. The number of hydrogen-bond donors (Lipinski definition) is 0. The van der Waals surface area contributed by atoms with Crippen molar-refractivity contribution < 1.29 is 13.9 Å². The fourth-order valence-electron chi connectivity index (χ4n) is 0.930. The van der Waals surface area contributed by atoms with Crippen LogP contribution >= 0.6 is 0 Å². The maximum absolute atomic E-state index is 12.3. The normalized spacial score (nSPS) is 9.69. The Morgan fingerprint density at radius 2 is 2.46 bits per heavy atom. The van der Waals surface area contributed by atoms with Gasteiger partial charge in [-0.05, 0) is 13.0 Å². The van der Waals surface area contributed by atoms with E-state index in [1.54, 1.807) is 13.0 Å². The third-order valence-corrected chi connectivity index (χ3v) is 1.50. The second-order valence-corrected chi connectivity index (χ2v) is 2.37. The van der Waals surface area contributed by atoms with E-state index in [0.29, 0.717) is 0 Å². The largest absolute Gasteiger partial charge is 0.461 e. The predicted octanol–water partition coefficient (Wildman–Crippen LogP) is 1.73. The Labute approximate surface area is 75.6 Å². The third kappa shape index (κ3) is 2.24. The highest BCUT2D eigenvalue weighted by molar-refractivity contribution is 5.88. The minimum absolute atomic E-state index is 0.0619. The van der Waals surface area contributed by atoms with Crippen LogP contribution in [-0.4, -0.2) is 17.6 Å². The molecule has 0 aromatic carbocycles. The SMILES string of the molecule is CCOC(=O)c1ncccc1CF. The summed E-state index contributed by atoms with van der Waals surface area (Å²) in [5, 5.41) is 0.